The smallest absolute Gasteiger partial charge is 0.238 e. The Labute approximate surface area is 260 Å². The Hall–Kier alpha value is -5.30. The monoisotopic (exact) mass is 597 g/mol. The van der Waals surface area contributed by atoms with E-state index in [-0.39, 0.29) is 35.6 Å². The van der Waals surface area contributed by atoms with Crippen molar-refractivity contribution in [3.05, 3.63) is 131 Å². The number of fused-ring (bicyclic) bond motifs is 3. The van der Waals surface area contributed by atoms with Gasteiger partial charge in [-0.15, -0.1) is 0 Å². The van der Waals surface area contributed by atoms with Crippen LogP contribution in [-0.2, 0) is 25.8 Å². The van der Waals surface area contributed by atoms with Crippen molar-refractivity contribution < 1.29 is 29.0 Å². The zero-order valence-electron chi connectivity index (χ0n) is 24.7. The van der Waals surface area contributed by atoms with E-state index in [1.165, 1.54) is 17.0 Å². The third kappa shape index (κ3) is 4.67. The zero-order valence-corrected chi connectivity index (χ0v) is 24.7. The van der Waals surface area contributed by atoms with Crippen LogP contribution in [0, 0.1) is 17.8 Å². The predicted molar refractivity (Wildman–Crippen MR) is 169 cm³/mol. The summed E-state index contributed by atoms with van der Waals surface area (Å²) in [5.74, 6) is -3.24. The largest absolute Gasteiger partial charge is 0.507 e. The Balaban J connectivity index is 1.27. The van der Waals surface area contributed by atoms with E-state index in [2.05, 4.69) is 6.58 Å². The van der Waals surface area contributed by atoms with Gasteiger partial charge in [-0.2, -0.15) is 0 Å². The molecule has 0 saturated carbocycles. The highest BCUT2D eigenvalue weighted by Crippen LogP contribution is 2.56. The molecule has 3 aliphatic carbocycles. The van der Waals surface area contributed by atoms with Crippen LogP contribution in [0.2, 0.25) is 0 Å². The van der Waals surface area contributed by atoms with Crippen molar-refractivity contribution in [2.24, 2.45) is 17.8 Å². The molecule has 0 aromatic heterocycles. The van der Waals surface area contributed by atoms with Crippen LogP contribution in [0.1, 0.15) is 42.4 Å². The number of carbonyl (C=O) groups is 4. The lowest BCUT2D eigenvalue weighted by molar-refractivity contribution is -0.123. The Morgan fingerprint density at radius 3 is 2.42 bits per heavy atom. The summed E-state index contributed by atoms with van der Waals surface area (Å²) in [6, 6.07) is 21.7. The summed E-state index contributed by atoms with van der Waals surface area (Å²) >= 11 is 0. The molecule has 1 aliphatic heterocycles. The number of allylic oxidation sites excluding steroid dienone is 6. The topological polar surface area (TPSA) is 101 Å². The highest BCUT2D eigenvalue weighted by atomic mass is 16.5. The van der Waals surface area contributed by atoms with Gasteiger partial charge in [-0.25, -0.2) is 0 Å². The van der Waals surface area contributed by atoms with Gasteiger partial charge in [0.2, 0.25) is 11.8 Å². The number of ether oxygens (including phenoxy) is 1. The van der Waals surface area contributed by atoms with Crippen molar-refractivity contribution in [2.75, 3.05) is 4.90 Å². The summed E-state index contributed by atoms with van der Waals surface area (Å²) in [6.45, 7) is 5.70. The number of amides is 2. The van der Waals surface area contributed by atoms with E-state index in [0.29, 0.717) is 46.7 Å². The number of hydrogen-bond acceptors (Lipinski definition) is 6. The van der Waals surface area contributed by atoms with E-state index < -0.39 is 23.7 Å². The molecule has 1 heterocycles. The number of benzene rings is 3. The number of ketones is 2. The van der Waals surface area contributed by atoms with Crippen molar-refractivity contribution in [3.8, 4) is 11.5 Å². The average molecular weight is 598 g/mol. The van der Waals surface area contributed by atoms with Gasteiger partial charge < -0.3 is 9.84 Å². The summed E-state index contributed by atoms with van der Waals surface area (Å²) in [6.07, 6.45) is 5.48. The number of aromatic hydroxyl groups is 1. The van der Waals surface area contributed by atoms with Crippen LogP contribution in [0.25, 0.3) is 6.08 Å². The lowest BCUT2D eigenvalue weighted by atomic mass is 9.59. The SMILES string of the molecule is C=Cc1ccc(N2C(=O)C3CC=C4C(c5ccc(OCc6ccccc6)cc5O)C5=C(CC4C3C2=O)C(=O)C(C)=CC5=O)cc1. The maximum Gasteiger partial charge on any atom is 0.238 e. The first kappa shape index (κ1) is 28.5. The standard InChI is InChI=1S/C38H31NO6/c1-3-22-9-11-24(12-10-22)39-37(43)28-16-15-26-29(34(28)38(39)44)19-30-35(32(41)17-21(2)36(30)42)33(26)27-14-13-25(18-31(27)40)45-20-23-7-5-4-6-8-23/h3-15,17-18,28-29,33-34,40H,1,16,19-20H2,2H3. The van der Waals surface area contributed by atoms with E-state index in [1.54, 1.807) is 49.4 Å². The molecule has 0 bridgehead atoms. The van der Waals surface area contributed by atoms with Gasteiger partial charge in [0, 0.05) is 34.3 Å². The van der Waals surface area contributed by atoms with Gasteiger partial charge in [-0.1, -0.05) is 72.8 Å². The molecule has 3 aromatic carbocycles. The minimum Gasteiger partial charge on any atom is -0.507 e. The van der Waals surface area contributed by atoms with E-state index in [9.17, 15) is 24.3 Å². The lowest BCUT2D eigenvalue weighted by Crippen LogP contribution is -2.39. The van der Waals surface area contributed by atoms with Crippen LogP contribution in [0.4, 0.5) is 5.69 Å². The van der Waals surface area contributed by atoms with Crippen molar-refractivity contribution in [3.63, 3.8) is 0 Å². The molecule has 3 aromatic rings. The van der Waals surface area contributed by atoms with E-state index >= 15 is 0 Å². The highest BCUT2D eigenvalue weighted by Gasteiger charge is 2.56. The van der Waals surface area contributed by atoms with Crippen LogP contribution in [0.3, 0.4) is 0 Å². The Bertz CT molecular complexity index is 1880. The van der Waals surface area contributed by atoms with Gasteiger partial charge in [0.15, 0.2) is 11.6 Å². The molecule has 4 atom stereocenters. The molecule has 7 heteroatoms. The molecule has 45 heavy (non-hydrogen) atoms. The summed E-state index contributed by atoms with van der Waals surface area (Å²) in [5.41, 5.74) is 4.58. The summed E-state index contributed by atoms with van der Waals surface area (Å²) in [5, 5.41) is 11.4. The fourth-order valence-corrected chi connectivity index (χ4v) is 7.35. The molecule has 0 spiro atoms. The van der Waals surface area contributed by atoms with Crippen LogP contribution >= 0.6 is 0 Å². The first-order valence-corrected chi connectivity index (χ1v) is 15.1. The maximum atomic E-state index is 14.1. The van der Waals surface area contributed by atoms with Gasteiger partial charge in [-0.3, -0.25) is 24.1 Å². The normalized spacial score (nSPS) is 24.1. The molecule has 4 unspecified atom stereocenters. The van der Waals surface area contributed by atoms with Gasteiger partial charge in [0.25, 0.3) is 0 Å². The van der Waals surface area contributed by atoms with Crippen LogP contribution in [-0.4, -0.2) is 28.5 Å². The number of phenols is 1. The number of anilines is 1. The second kappa shape index (κ2) is 11.0. The van der Waals surface area contributed by atoms with Gasteiger partial charge >= 0.3 is 0 Å². The van der Waals surface area contributed by atoms with E-state index in [0.717, 1.165) is 16.7 Å². The number of hydrogen-bond donors (Lipinski definition) is 1. The minimum absolute atomic E-state index is 0.0784. The fraction of sp³-hybridized carbons (Fsp3) is 0.211. The van der Waals surface area contributed by atoms with Crippen LogP contribution in [0.5, 0.6) is 11.5 Å². The highest BCUT2D eigenvalue weighted by molar-refractivity contribution is 6.25. The molecule has 7 rings (SSSR count). The Morgan fingerprint density at radius 2 is 1.71 bits per heavy atom. The minimum atomic E-state index is -0.743. The van der Waals surface area contributed by atoms with Gasteiger partial charge in [0.1, 0.15) is 18.1 Å². The number of rotatable bonds is 6. The molecule has 1 N–H and O–H groups in total. The second-order valence-electron chi connectivity index (χ2n) is 12.0. The first-order valence-electron chi connectivity index (χ1n) is 15.1. The number of Topliss-reactive ketones (excluding diaryl/α,β-unsaturated/α-hetero) is 1. The van der Waals surface area contributed by atoms with Gasteiger partial charge in [0.05, 0.1) is 17.5 Å². The molecule has 2 amide bonds. The summed E-state index contributed by atoms with van der Waals surface area (Å²) < 4.78 is 5.92. The molecule has 1 saturated heterocycles. The quantitative estimate of drug-likeness (QED) is 0.205. The van der Waals surface area contributed by atoms with E-state index in [1.807, 2.05) is 36.4 Å². The maximum absolute atomic E-state index is 14.1. The Kier molecular flexibility index (Phi) is 6.96. The predicted octanol–water partition coefficient (Wildman–Crippen LogP) is 6.25. The average Bonchev–Trinajstić information content (AvgIpc) is 3.31. The molecule has 224 valence electrons. The molecule has 7 nitrogen and oxygen atoms in total. The molecular weight excluding hydrogens is 566 g/mol. The van der Waals surface area contributed by atoms with Crippen molar-refractivity contribution in [1.29, 1.82) is 0 Å². The van der Waals surface area contributed by atoms with Crippen molar-refractivity contribution in [2.45, 2.75) is 32.3 Å². The second-order valence-corrected chi connectivity index (χ2v) is 12.0. The van der Waals surface area contributed by atoms with Crippen molar-refractivity contribution >= 4 is 35.1 Å². The third-order valence-electron chi connectivity index (χ3n) is 9.51. The number of phenolic OH excluding ortho intramolecular Hbond substituents is 1. The molecule has 1 fully saturated rings. The number of nitrogens with zero attached hydrogens (tertiary/aromatic N) is 1. The zero-order chi connectivity index (χ0) is 31.4. The lowest BCUT2D eigenvalue weighted by Gasteiger charge is -2.42. The number of carbonyl (C=O) groups excluding carboxylic acids is 4. The molecule has 0 radical (unpaired) electrons. The van der Waals surface area contributed by atoms with E-state index in [4.69, 9.17) is 4.74 Å². The fourth-order valence-electron chi connectivity index (χ4n) is 7.35. The van der Waals surface area contributed by atoms with Gasteiger partial charge in [-0.05, 0) is 61.1 Å². The molecule has 4 aliphatic rings. The first-order chi connectivity index (χ1) is 21.8. The summed E-state index contributed by atoms with van der Waals surface area (Å²) in [4.78, 5) is 56.1. The molecular formula is C38H31NO6. The summed E-state index contributed by atoms with van der Waals surface area (Å²) in [7, 11) is 0. The van der Waals surface area contributed by atoms with Crippen molar-refractivity contribution in [1.82, 2.24) is 0 Å². The Morgan fingerprint density at radius 1 is 0.956 bits per heavy atom. The number of imide groups is 1. The third-order valence-corrected chi connectivity index (χ3v) is 9.51. The van der Waals surface area contributed by atoms with Crippen LogP contribution < -0.4 is 9.64 Å². The van der Waals surface area contributed by atoms with Crippen LogP contribution in [0.15, 0.2) is 114 Å².